The van der Waals surface area contributed by atoms with Crippen LogP contribution in [0, 0.1) is 5.92 Å². The predicted octanol–water partition coefficient (Wildman–Crippen LogP) is 2.85. The van der Waals surface area contributed by atoms with Crippen LogP contribution >= 0.6 is 0 Å². The standard InChI is InChI=1S/C20H26N4O3/c1-15-4-3-10-24(13-15)20(25)18-12-19(23-14-22-18)21-9-11-27-17-7-5-16(26-2)6-8-17/h5-8,12,14-15H,3-4,9-11,13H2,1-2H3,(H,21,22,23). The summed E-state index contributed by atoms with van der Waals surface area (Å²) in [4.78, 5) is 22.9. The predicted molar refractivity (Wildman–Crippen MR) is 103 cm³/mol. The number of benzene rings is 1. The minimum Gasteiger partial charge on any atom is -0.497 e. The molecule has 144 valence electrons. The van der Waals surface area contributed by atoms with Crippen molar-refractivity contribution >= 4 is 11.7 Å². The van der Waals surface area contributed by atoms with E-state index >= 15 is 0 Å². The average Bonchev–Trinajstić information content (AvgIpc) is 2.71. The number of aromatic nitrogens is 2. The summed E-state index contributed by atoms with van der Waals surface area (Å²) in [7, 11) is 1.63. The first kappa shape index (κ1) is 18.9. The Morgan fingerprint density at radius 1 is 1.26 bits per heavy atom. The summed E-state index contributed by atoms with van der Waals surface area (Å²) in [6.07, 6.45) is 3.65. The van der Waals surface area contributed by atoms with Crippen LogP contribution in [0.1, 0.15) is 30.3 Å². The van der Waals surface area contributed by atoms with Crippen molar-refractivity contribution in [2.75, 3.05) is 38.7 Å². The van der Waals surface area contributed by atoms with Crippen LogP contribution in [0.15, 0.2) is 36.7 Å². The van der Waals surface area contributed by atoms with Crippen molar-refractivity contribution in [1.82, 2.24) is 14.9 Å². The van der Waals surface area contributed by atoms with Crippen LogP contribution in [0.5, 0.6) is 11.5 Å². The van der Waals surface area contributed by atoms with E-state index in [-0.39, 0.29) is 5.91 Å². The molecule has 1 aliphatic heterocycles. The first-order valence-corrected chi connectivity index (χ1v) is 9.28. The van der Waals surface area contributed by atoms with Crippen LogP contribution in [0.4, 0.5) is 5.82 Å². The van der Waals surface area contributed by atoms with Crippen LogP contribution in [-0.2, 0) is 0 Å². The van der Waals surface area contributed by atoms with Crippen LogP contribution in [-0.4, -0.2) is 54.1 Å². The summed E-state index contributed by atoms with van der Waals surface area (Å²) in [6.45, 7) is 4.81. The maximum atomic E-state index is 12.6. The number of carbonyl (C=O) groups is 1. The lowest BCUT2D eigenvalue weighted by molar-refractivity contribution is 0.0677. The molecule has 1 atom stereocenters. The van der Waals surface area contributed by atoms with E-state index in [1.54, 1.807) is 13.2 Å². The largest absolute Gasteiger partial charge is 0.497 e. The highest BCUT2D eigenvalue weighted by molar-refractivity contribution is 5.93. The second-order valence-corrected chi connectivity index (χ2v) is 6.74. The number of hydrogen-bond donors (Lipinski definition) is 1. The number of amides is 1. The highest BCUT2D eigenvalue weighted by Gasteiger charge is 2.23. The number of carbonyl (C=O) groups excluding carboxylic acids is 1. The molecule has 1 fully saturated rings. The summed E-state index contributed by atoms with van der Waals surface area (Å²) in [6, 6.07) is 9.13. The van der Waals surface area contributed by atoms with Gasteiger partial charge in [0.15, 0.2) is 0 Å². The van der Waals surface area contributed by atoms with Gasteiger partial charge in [-0.15, -0.1) is 0 Å². The van der Waals surface area contributed by atoms with Gasteiger partial charge in [-0.05, 0) is 43.0 Å². The molecule has 0 saturated carbocycles. The first-order chi connectivity index (χ1) is 13.2. The van der Waals surface area contributed by atoms with Gasteiger partial charge in [0.25, 0.3) is 5.91 Å². The van der Waals surface area contributed by atoms with Gasteiger partial charge in [-0.25, -0.2) is 9.97 Å². The Morgan fingerprint density at radius 3 is 2.78 bits per heavy atom. The Labute approximate surface area is 159 Å². The van der Waals surface area contributed by atoms with Gasteiger partial charge in [-0.2, -0.15) is 0 Å². The molecule has 1 saturated heterocycles. The van der Waals surface area contributed by atoms with Crippen molar-refractivity contribution in [1.29, 1.82) is 0 Å². The molecule has 0 bridgehead atoms. The smallest absolute Gasteiger partial charge is 0.272 e. The molecule has 0 spiro atoms. The molecule has 1 unspecified atom stereocenters. The molecule has 1 N–H and O–H groups in total. The number of ether oxygens (including phenoxy) is 2. The molecule has 3 rings (SSSR count). The van der Waals surface area contributed by atoms with Crippen LogP contribution < -0.4 is 14.8 Å². The molecule has 27 heavy (non-hydrogen) atoms. The lowest BCUT2D eigenvalue weighted by Crippen LogP contribution is -2.39. The molecule has 0 aliphatic carbocycles. The fourth-order valence-corrected chi connectivity index (χ4v) is 3.13. The van der Waals surface area contributed by atoms with E-state index in [9.17, 15) is 4.79 Å². The van der Waals surface area contributed by atoms with Gasteiger partial charge in [-0.1, -0.05) is 6.92 Å². The van der Waals surface area contributed by atoms with Gasteiger partial charge in [0, 0.05) is 19.2 Å². The van der Waals surface area contributed by atoms with Crippen LogP contribution in [0.3, 0.4) is 0 Å². The SMILES string of the molecule is COc1ccc(OCCNc2cc(C(=O)N3CCCC(C)C3)ncn2)cc1. The van der Waals surface area contributed by atoms with Gasteiger partial charge in [0.1, 0.15) is 35.9 Å². The Kier molecular flexibility index (Phi) is 6.46. The number of hydrogen-bond acceptors (Lipinski definition) is 6. The van der Waals surface area contributed by atoms with Gasteiger partial charge in [-0.3, -0.25) is 4.79 Å². The number of methoxy groups -OCH3 is 1. The van der Waals surface area contributed by atoms with Gasteiger partial charge >= 0.3 is 0 Å². The molecular weight excluding hydrogens is 344 g/mol. The first-order valence-electron chi connectivity index (χ1n) is 9.28. The third-order valence-corrected chi connectivity index (χ3v) is 4.57. The van der Waals surface area contributed by atoms with Crippen LogP contribution in [0.25, 0.3) is 0 Å². The Hall–Kier alpha value is -2.83. The number of piperidine rings is 1. The second-order valence-electron chi connectivity index (χ2n) is 6.74. The minimum absolute atomic E-state index is 0.0264. The number of rotatable bonds is 7. The molecular formula is C20H26N4O3. The zero-order chi connectivity index (χ0) is 19.1. The van der Waals surface area contributed by atoms with Gasteiger partial charge in [0.2, 0.25) is 0 Å². The minimum atomic E-state index is -0.0264. The molecule has 2 heterocycles. The Balaban J connectivity index is 1.49. The van der Waals surface area contributed by atoms with E-state index in [2.05, 4.69) is 22.2 Å². The van der Waals surface area contributed by atoms with Crippen molar-refractivity contribution in [3.05, 3.63) is 42.4 Å². The molecule has 0 radical (unpaired) electrons. The maximum absolute atomic E-state index is 12.6. The normalized spacial score (nSPS) is 16.7. The fraction of sp³-hybridized carbons (Fsp3) is 0.450. The van der Waals surface area contributed by atoms with Crippen LogP contribution in [0.2, 0.25) is 0 Å². The number of nitrogens with zero attached hydrogens (tertiary/aromatic N) is 3. The highest BCUT2D eigenvalue weighted by Crippen LogP contribution is 2.18. The summed E-state index contributed by atoms with van der Waals surface area (Å²) >= 11 is 0. The molecule has 1 aromatic heterocycles. The zero-order valence-electron chi connectivity index (χ0n) is 15.9. The molecule has 1 aromatic carbocycles. The van der Waals surface area contributed by atoms with E-state index in [4.69, 9.17) is 9.47 Å². The second kappa shape index (κ2) is 9.21. The third kappa shape index (κ3) is 5.32. The number of likely N-dealkylation sites (tertiary alicyclic amines) is 1. The van der Waals surface area contributed by atoms with Gasteiger partial charge < -0.3 is 19.7 Å². The Morgan fingerprint density at radius 2 is 2.04 bits per heavy atom. The van der Waals surface area contributed by atoms with Crippen molar-refractivity contribution in [2.24, 2.45) is 5.92 Å². The van der Waals surface area contributed by atoms with E-state index < -0.39 is 0 Å². The van der Waals surface area contributed by atoms with Crippen molar-refractivity contribution < 1.29 is 14.3 Å². The molecule has 1 aliphatic rings. The lowest BCUT2D eigenvalue weighted by Gasteiger charge is -2.30. The number of nitrogens with one attached hydrogen (secondary N) is 1. The van der Waals surface area contributed by atoms with E-state index in [1.165, 1.54) is 12.7 Å². The molecule has 1 amide bonds. The fourth-order valence-electron chi connectivity index (χ4n) is 3.13. The van der Waals surface area contributed by atoms with E-state index in [1.807, 2.05) is 29.2 Å². The molecule has 7 nitrogen and oxygen atoms in total. The van der Waals surface area contributed by atoms with E-state index in [0.717, 1.165) is 31.0 Å². The summed E-state index contributed by atoms with van der Waals surface area (Å²) in [5.41, 5.74) is 0.428. The Bertz CT molecular complexity index is 751. The average molecular weight is 370 g/mol. The zero-order valence-corrected chi connectivity index (χ0v) is 15.9. The maximum Gasteiger partial charge on any atom is 0.272 e. The number of anilines is 1. The molecule has 7 heteroatoms. The monoisotopic (exact) mass is 370 g/mol. The molecule has 2 aromatic rings. The van der Waals surface area contributed by atoms with E-state index in [0.29, 0.717) is 30.6 Å². The highest BCUT2D eigenvalue weighted by atomic mass is 16.5. The topological polar surface area (TPSA) is 76.6 Å². The third-order valence-electron chi connectivity index (χ3n) is 4.57. The van der Waals surface area contributed by atoms with Crippen molar-refractivity contribution in [3.63, 3.8) is 0 Å². The summed E-state index contributed by atoms with van der Waals surface area (Å²) in [5.74, 6) is 2.70. The lowest BCUT2D eigenvalue weighted by atomic mass is 10.00. The van der Waals surface area contributed by atoms with Gasteiger partial charge in [0.05, 0.1) is 13.7 Å². The summed E-state index contributed by atoms with van der Waals surface area (Å²) < 4.78 is 10.8. The van der Waals surface area contributed by atoms with Crippen molar-refractivity contribution in [2.45, 2.75) is 19.8 Å². The summed E-state index contributed by atoms with van der Waals surface area (Å²) in [5, 5.41) is 3.17. The van der Waals surface area contributed by atoms with Crippen molar-refractivity contribution in [3.8, 4) is 11.5 Å². The quantitative estimate of drug-likeness (QED) is 0.755.